The Balaban J connectivity index is 1.20. The van der Waals surface area contributed by atoms with E-state index in [9.17, 15) is 0 Å². The summed E-state index contributed by atoms with van der Waals surface area (Å²) in [6.45, 7) is 4.71. The van der Waals surface area contributed by atoms with E-state index in [0.29, 0.717) is 0 Å². The van der Waals surface area contributed by atoms with Crippen molar-refractivity contribution in [3.63, 3.8) is 0 Å². The van der Waals surface area contributed by atoms with Gasteiger partial charge in [-0.3, -0.25) is 0 Å². The first-order valence-electron chi connectivity index (χ1n) is 19.8. The van der Waals surface area contributed by atoms with Crippen LogP contribution in [-0.2, 0) is 5.41 Å². The molecule has 9 aromatic rings. The predicted molar refractivity (Wildman–Crippen MR) is 242 cm³/mol. The second-order valence-electron chi connectivity index (χ2n) is 15.5. The van der Waals surface area contributed by atoms with Crippen molar-refractivity contribution in [3.8, 4) is 33.4 Å². The molecule has 1 aliphatic carbocycles. The van der Waals surface area contributed by atoms with Gasteiger partial charge in [0.05, 0.1) is 0 Å². The lowest BCUT2D eigenvalue weighted by Crippen LogP contribution is -2.17. The lowest BCUT2D eigenvalue weighted by atomic mass is 9.82. The van der Waals surface area contributed by atoms with Gasteiger partial charge < -0.3 is 9.80 Å². The molecule has 0 amide bonds. The van der Waals surface area contributed by atoms with Crippen LogP contribution in [0.3, 0.4) is 0 Å². The van der Waals surface area contributed by atoms with Crippen LogP contribution in [0.15, 0.2) is 218 Å². The molecule has 2 nitrogen and oxygen atoms in total. The largest absolute Gasteiger partial charge is 0.310 e. The van der Waals surface area contributed by atoms with Crippen molar-refractivity contribution < 1.29 is 0 Å². The second-order valence-corrected chi connectivity index (χ2v) is 15.5. The standard InChI is InChI=1S/C55H42N2/c1-55(2)53-26-16-15-25-51(53)52-32-31-48(38-54(52)55)57(47-23-13-6-14-24-47)50-36-44(35-49(37-50)56(45-19-9-4-10-20-45)46-21-11-5-12-22-46)42-30-28-40-27-29-41(33-43(40)34-42)39-17-7-3-8-18-39/h3-38H,1-2H3. The summed E-state index contributed by atoms with van der Waals surface area (Å²) in [6, 6.07) is 79.4. The van der Waals surface area contributed by atoms with Crippen LogP contribution in [0, 0.1) is 0 Å². The first kappa shape index (κ1) is 34.3. The summed E-state index contributed by atoms with van der Waals surface area (Å²) >= 11 is 0. The highest BCUT2D eigenvalue weighted by atomic mass is 15.2. The number of hydrogen-bond donors (Lipinski definition) is 0. The third-order valence-corrected chi connectivity index (χ3v) is 11.6. The molecule has 9 aromatic carbocycles. The van der Waals surface area contributed by atoms with Crippen molar-refractivity contribution in [1.82, 2.24) is 0 Å². The number of rotatable bonds is 8. The van der Waals surface area contributed by atoms with E-state index in [4.69, 9.17) is 0 Å². The summed E-state index contributed by atoms with van der Waals surface area (Å²) in [4.78, 5) is 4.79. The average Bonchev–Trinajstić information content (AvgIpc) is 3.50. The van der Waals surface area contributed by atoms with E-state index in [2.05, 4.69) is 242 Å². The number of anilines is 6. The van der Waals surface area contributed by atoms with Crippen LogP contribution in [0.4, 0.5) is 34.1 Å². The van der Waals surface area contributed by atoms with Crippen LogP contribution >= 0.6 is 0 Å². The van der Waals surface area contributed by atoms with E-state index < -0.39 is 0 Å². The van der Waals surface area contributed by atoms with Gasteiger partial charge in [-0.25, -0.2) is 0 Å². The van der Waals surface area contributed by atoms with Gasteiger partial charge in [-0.15, -0.1) is 0 Å². The first-order chi connectivity index (χ1) is 28.0. The number of hydrogen-bond acceptors (Lipinski definition) is 2. The smallest absolute Gasteiger partial charge is 0.0488 e. The predicted octanol–water partition coefficient (Wildman–Crippen LogP) is 15.4. The highest BCUT2D eigenvalue weighted by molar-refractivity contribution is 5.94. The Morgan fingerprint density at radius 2 is 0.754 bits per heavy atom. The summed E-state index contributed by atoms with van der Waals surface area (Å²) in [5.74, 6) is 0. The zero-order valence-electron chi connectivity index (χ0n) is 32.2. The van der Waals surface area contributed by atoms with E-state index in [1.807, 2.05) is 0 Å². The highest BCUT2D eigenvalue weighted by Crippen LogP contribution is 2.51. The summed E-state index contributed by atoms with van der Waals surface area (Å²) in [5, 5.41) is 2.43. The molecule has 0 aromatic heterocycles. The SMILES string of the molecule is CC1(C)c2ccccc2-c2ccc(N(c3ccccc3)c3cc(-c4ccc5ccc(-c6ccccc6)cc5c4)cc(N(c4ccccc4)c4ccccc4)c3)cc21. The Hall–Kier alpha value is -7.16. The summed E-state index contributed by atoms with van der Waals surface area (Å²) < 4.78 is 0. The molecule has 0 spiro atoms. The molecule has 2 heteroatoms. The zero-order valence-corrected chi connectivity index (χ0v) is 32.2. The van der Waals surface area contributed by atoms with Gasteiger partial charge in [0.15, 0.2) is 0 Å². The zero-order chi connectivity index (χ0) is 38.3. The van der Waals surface area contributed by atoms with Crippen LogP contribution in [0.1, 0.15) is 25.0 Å². The van der Waals surface area contributed by atoms with E-state index in [0.717, 1.165) is 45.3 Å². The Kier molecular flexibility index (Phi) is 8.53. The number of fused-ring (bicyclic) bond motifs is 4. The highest BCUT2D eigenvalue weighted by Gasteiger charge is 2.35. The Bertz CT molecular complexity index is 2820. The van der Waals surface area contributed by atoms with Gasteiger partial charge in [-0.05, 0) is 134 Å². The summed E-state index contributed by atoms with van der Waals surface area (Å²) in [5.41, 5.74) is 16.5. The van der Waals surface area contributed by atoms with Crippen molar-refractivity contribution in [1.29, 1.82) is 0 Å². The molecule has 57 heavy (non-hydrogen) atoms. The second kappa shape index (κ2) is 14.2. The van der Waals surface area contributed by atoms with Crippen LogP contribution < -0.4 is 9.80 Å². The van der Waals surface area contributed by atoms with Crippen LogP contribution in [0.25, 0.3) is 44.2 Å². The monoisotopic (exact) mass is 730 g/mol. The molecule has 0 radical (unpaired) electrons. The topological polar surface area (TPSA) is 6.48 Å². The molecule has 0 saturated heterocycles. The average molecular weight is 731 g/mol. The molecular weight excluding hydrogens is 689 g/mol. The Morgan fingerprint density at radius 1 is 0.281 bits per heavy atom. The molecule has 1 aliphatic rings. The Labute approximate surface area is 335 Å². The minimum atomic E-state index is -0.127. The van der Waals surface area contributed by atoms with Gasteiger partial charge in [0.25, 0.3) is 0 Å². The third kappa shape index (κ3) is 6.26. The molecule has 0 atom stereocenters. The van der Waals surface area contributed by atoms with E-state index in [1.54, 1.807) is 0 Å². The van der Waals surface area contributed by atoms with Crippen molar-refractivity contribution in [2.75, 3.05) is 9.80 Å². The molecule has 0 saturated carbocycles. The molecule has 272 valence electrons. The van der Waals surface area contributed by atoms with Gasteiger partial charge in [-0.2, -0.15) is 0 Å². The van der Waals surface area contributed by atoms with Gasteiger partial charge in [-0.1, -0.05) is 153 Å². The maximum Gasteiger partial charge on any atom is 0.0488 e. The van der Waals surface area contributed by atoms with Crippen molar-refractivity contribution >= 4 is 44.9 Å². The van der Waals surface area contributed by atoms with Gasteiger partial charge >= 0.3 is 0 Å². The van der Waals surface area contributed by atoms with Crippen molar-refractivity contribution in [3.05, 3.63) is 230 Å². The number of benzene rings is 9. The summed E-state index contributed by atoms with van der Waals surface area (Å²) in [7, 11) is 0. The molecule has 0 N–H and O–H groups in total. The molecule has 0 unspecified atom stereocenters. The van der Waals surface area contributed by atoms with Crippen LogP contribution in [0.2, 0.25) is 0 Å². The first-order valence-corrected chi connectivity index (χ1v) is 19.8. The molecule has 0 bridgehead atoms. The van der Waals surface area contributed by atoms with Gasteiger partial charge in [0.2, 0.25) is 0 Å². The fraction of sp³-hybridized carbons (Fsp3) is 0.0545. The fourth-order valence-electron chi connectivity index (χ4n) is 8.71. The van der Waals surface area contributed by atoms with E-state index in [1.165, 1.54) is 44.2 Å². The molecule has 0 fully saturated rings. The van der Waals surface area contributed by atoms with Crippen LogP contribution in [0.5, 0.6) is 0 Å². The molecule has 10 rings (SSSR count). The quantitative estimate of drug-likeness (QED) is 0.154. The fourth-order valence-corrected chi connectivity index (χ4v) is 8.71. The lowest BCUT2D eigenvalue weighted by Gasteiger charge is -2.31. The molecular formula is C55H42N2. The van der Waals surface area contributed by atoms with E-state index in [-0.39, 0.29) is 5.41 Å². The third-order valence-electron chi connectivity index (χ3n) is 11.6. The number of nitrogens with zero attached hydrogens (tertiary/aromatic N) is 2. The van der Waals surface area contributed by atoms with E-state index >= 15 is 0 Å². The minimum Gasteiger partial charge on any atom is -0.310 e. The van der Waals surface area contributed by atoms with Crippen LogP contribution in [-0.4, -0.2) is 0 Å². The molecule has 0 heterocycles. The lowest BCUT2D eigenvalue weighted by molar-refractivity contribution is 0.660. The van der Waals surface area contributed by atoms with Crippen molar-refractivity contribution in [2.24, 2.45) is 0 Å². The maximum atomic E-state index is 2.43. The Morgan fingerprint density at radius 3 is 1.33 bits per heavy atom. The number of para-hydroxylation sites is 3. The molecule has 0 aliphatic heterocycles. The van der Waals surface area contributed by atoms with Gasteiger partial charge in [0.1, 0.15) is 0 Å². The van der Waals surface area contributed by atoms with Crippen molar-refractivity contribution in [2.45, 2.75) is 19.3 Å². The minimum absolute atomic E-state index is 0.127. The maximum absolute atomic E-state index is 2.43. The summed E-state index contributed by atoms with van der Waals surface area (Å²) in [6.07, 6.45) is 0. The van der Waals surface area contributed by atoms with Gasteiger partial charge in [0, 0.05) is 39.5 Å². The normalized spacial score (nSPS) is 12.5.